The summed E-state index contributed by atoms with van der Waals surface area (Å²) >= 11 is 6.25. The maximum atomic E-state index is 13.6. The highest BCUT2D eigenvalue weighted by molar-refractivity contribution is 6.33. The molecule has 1 aliphatic rings. The molecule has 3 atom stereocenters. The number of fused-ring (bicyclic) bond motifs is 4. The highest BCUT2D eigenvalue weighted by Gasteiger charge is 2.42. The number of rotatable bonds is 4. The topological polar surface area (TPSA) is 146 Å². The molecule has 42 heavy (non-hydrogen) atoms. The van der Waals surface area contributed by atoms with Crippen LogP contribution in [-0.4, -0.2) is 25.0 Å². The minimum atomic E-state index is -1.09. The van der Waals surface area contributed by atoms with E-state index in [1.807, 2.05) is 31.2 Å². The predicted octanol–water partition coefficient (Wildman–Crippen LogP) is 4.37. The van der Waals surface area contributed by atoms with Crippen LogP contribution in [0.2, 0.25) is 5.02 Å². The number of pyridine rings is 1. The van der Waals surface area contributed by atoms with Crippen molar-refractivity contribution in [1.82, 2.24) is 14.0 Å². The highest BCUT2D eigenvalue weighted by Crippen LogP contribution is 2.49. The average molecular weight is 582 g/mol. The zero-order valence-electron chi connectivity index (χ0n) is 23.2. The van der Waals surface area contributed by atoms with Crippen molar-refractivity contribution in [2.24, 2.45) is 11.7 Å². The number of hydrogen-bond acceptors (Lipinski definition) is 5. The maximum Gasteiger partial charge on any atom is 0.340 e. The quantitative estimate of drug-likeness (QED) is 0.288. The second kappa shape index (κ2) is 9.72. The molecular weight excluding hydrogens is 554 g/mol. The number of carbonyl (C=O) groups is 1. The van der Waals surface area contributed by atoms with Crippen molar-refractivity contribution in [2.45, 2.75) is 44.6 Å². The van der Waals surface area contributed by atoms with Gasteiger partial charge >= 0.3 is 5.69 Å². The van der Waals surface area contributed by atoms with Gasteiger partial charge in [-0.3, -0.25) is 14.0 Å². The Bertz CT molecular complexity index is 2090. The summed E-state index contributed by atoms with van der Waals surface area (Å²) < 4.78 is 2.42. The number of aromatic amines is 1. The van der Waals surface area contributed by atoms with E-state index in [0.717, 1.165) is 21.1 Å². The Morgan fingerprint density at radius 1 is 1.17 bits per heavy atom. The fourth-order valence-electron chi connectivity index (χ4n) is 6.32. The lowest BCUT2D eigenvalue weighted by Crippen LogP contribution is -2.36. The maximum absolute atomic E-state index is 13.6. The van der Waals surface area contributed by atoms with Gasteiger partial charge in [0.1, 0.15) is 0 Å². The molecule has 3 heterocycles. The van der Waals surface area contributed by atoms with Gasteiger partial charge in [0.25, 0.3) is 5.56 Å². The van der Waals surface area contributed by atoms with Crippen molar-refractivity contribution in [3.8, 4) is 11.8 Å². The Labute approximate surface area is 245 Å². The molecule has 1 amide bonds. The van der Waals surface area contributed by atoms with E-state index in [4.69, 9.17) is 17.3 Å². The van der Waals surface area contributed by atoms with Crippen LogP contribution in [-0.2, 0) is 10.4 Å². The molecule has 4 N–H and O–H groups in total. The van der Waals surface area contributed by atoms with Gasteiger partial charge in [0, 0.05) is 34.8 Å². The lowest BCUT2D eigenvalue weighted by Gasteiger charge is -2.33. The van der Waals surface area contributed by atoms with Crippen LogP contribution in [0.25, 0.3) is 22.1 Å². The van der Waals surface area contributed by atoms with Gasteiger partial charge in [-0.25, -0.2) is 9.36 Å². The van der Waals surface area contributed by atoms with E-state index in [0.29, 0.717) is 33.5 Å². The third-order valence-electron chi connectivity index (χ3n) is 8.42. The SMILES string of the molecule is Cc1c(C2c3c([nH]c4cc(C(C)(C)O)ccc34)C(C(N)=O)CC2C#N)cccc1-n1c(=O)cc2c(Cl)cccn2c1=O. The van der Waals surface area contributed by atoms with E-state index in [2.05, 4.69) is 11.1 Å². The van der Waals surface area contributed by atoms with Crippen molar-refractivity contribution in [3.63, 3.8) is 0 Å². The Morgan fingerprint density at radius 3 is 2.62 bits per heavy atom. The largest absolute Gasteiger partial charge is 0.386 e. The molecule has 0 radical (unpaired) electrons. The number of amides is 1. The van der Waals surface area contributed by atoms with Crippen molar-refractivity contribution in [2.75, 3.05) is 0 Å². The fourth-order valence-corrected chi connectivity index (χ4v) is 6.54. The number of H-pyrrole nitrogens is 1. The average Bonchev–Trinajstić information content (AvgIpc) is 3.32. The van der Waals surface area contributed by atoms with Crippen LogP contribution in [0.4, 0.5) is 0 Å². The monoisotopic (exact) mass is 581 g/mol. The molecule has 3 aromatic heterocycles. The molecule has 10 heteroatoms. The molecule has 0 bridgehead atoms. The predicted molar refractivity (Wildman–Crippen MR) is 160 cm³/mol. The third kappa shape index (κ3) is 4.14. The van der Waals surface area contributed by atoms with Crippen LogP contribution < -0.4 is 17.0 Å². The Morgan fingerprint density at radius 2 is 1.93 bits per heavy atom. The van der Waals surface area contributed by atoms with Crippen LogP contribution in [0.3, 0.4) is 0 Å². The van der Waals surface area contributed by atoms with Crippen molar-refractivity contribution < 1.29 is 9.90 Å². The second-order valence-corrected chi connectivity index (χ2v) is 11.8. The lowest BCUT2D eigenvalue weighted by molar-refractivity contribution is -0.120. The second-order valence-electron chi connectivity index (χ2n) is 11.4. The molecule has 0 spiro atoms. The van der Waals surface area contributed by atoms with Crippen LogP contribution >= 0.6 is 11.6 Å². The van der Waals surface area contributed by atoms with Gasteiger partial charge in [-0.1, -0.05) is 35.9 Å². The number of halogens is 1. The van der Waals surface area contributed by atoms with E-state index < -0.39 is 40.5 Å². The molecule has 0 saturated heterocycles. The number of nitrogens with zero attached hydrogens (tertiary/aromatic N) is 3. The number of hydrogen-bond donors (Lipinski definition) is 3. The van der Waals surface area contributed by atoms with E-state index in [9.17, 15) is 24.8 Å². The first-order valence-corrected chi connectivity index (χ1v) is 13.9. The molecule has 0 saturated carbocycles. The van der Waals surface area contributed by atoms with E-state index >= 15 is 0 Å². The van der Waals surface area contributed by atoms with Gasteiger partial charge < -0.3 is 15.8 Å². The molecule has 212 valence electrons. The Kier molecular flexibility index (Phi) is 6.37. The minimum Gasteiger partial charge on any atom is -0.386 e. The first-order valence-electron chi connectivity index (χ1n) is 13.5. The van der Waals surface area contributed by atoms with E-state index in [-0.39, 0.29) is 11.4 Å². The zero-order chi connectivity index (χ0) is 30.1. The number of nitrogens with two attached hydrogens (primary N) is 1. The summed E-state index contributed by atoms with van der Waals surface area (Å²) in [5.41, 5.74) is 8.53. The Balaban J connectivity index is 1.62. The number of nitriles is 1. The van der Waals surface area contributed by atoms with Gasteiger partial charge in [-0.15, -0.1) is 0 Å². The molecule has 5 aromatic rings. The molecule has 1 aliphatic carbocycles. The molecule has 6 rings (SSSR count). The summed E-state index contributed by atoms with van der Waals surface area (Å²) in [4.78, 5) is 42.8. The molecular formula is C32H28ClN5O4. The summed E-state index contributed by atoms with van der Waals surface area (Å²) in [7, 11) is 0. The van der Waals surface area contributed by atoms with Crippen molar-refractivity contribution in [1.29, 1.82) is 5.26 Å². The molecule has 0 fully saturated rings. The zero-order valence-corrected chi connectivity index (χ0v) is 23.9. The summed E-state index contributed by atoms with van der Waals surface area (Å²) in [6.45, 7) is 5.20. The summed E-state index contributed by atoms with van der Waals surface area (Å²) in [5.74, 6) is -2.36. The van der Waals surface area contributed by atoms with Crippen molar-refractivity contribution in [3.05, 3.63) is 115 Å². The normalized spacial score (nSPS) is 18.6. The van der Waals surface area contributed by atoms with Crippen LogP contribution in [0.5, 0.6) is 0 Å². The van der Waals surface area contributed by atoms with Crippen LogP contribution in [0, 0.1) is 24.2 Å². The number of aliphatic hydroxyl groups is 1. The highest BCUT2D eigenvalue weighted by atomic mass is 35.5. The molecule has 0 aliphatic heterocycles. The number of primary amides is 1. The first kappa shape index (κ1) is 27.5. The van der Waals surface area contributed by atoms with E-state index in [1.165, 1.54) is 10.5 Å². The summed E-state index contributed by atoms with van der Waals surface area (Å²) in [5, 5.41) is 22.0. The number of nitrogens with one attached hydrogen (secondary N) is 1. The third-order valence-corrected chi connectivity index (χ3v) is 8.74. The lowest BCUT2D eigenvalue weighted by atomic mass is 9.69. The number of carbonyl (C=O) groups excluding carboxylic acids is 1. The summed E-state index contributed by atoms with van der Waals surface area (Å²) in [6.07, 6.45) is 1.76. The van der Waals surface area contributed by atoms with Crippen LogP contribution in [0.1, 0.15) is 60.1 Å². The van der Waals surface area contributed by atoms with Gasteiger partial charge in [-0.05, 0) is 73.7 Å². The Hall–Kier alpha value is -4.65. The standard InChI is InChI=1S/C32H28ClN5O4/c1-16-19(6-4-8-24(16)38-26(39)14-25-22(33)7-5-11-37(25)31(38)41)27-17(15-34)12-21(30(35)40)29-28(27)20-10-9-18(32(2,3)42)13-23(20)36-29/h4-11,13-14,17,21,27,36,42H,12H2,1-3H3,(H2,35,40). The van der Waals surface area contributed by atoms with Gasteiger partial charge in [0.15, 0.2) is 0 Å². The van der Waals surface area contributed by atoms with Gasteiger partial charge in [0.2, 0.25) is 5.91 Å². The smallest absolute Gasteiger partial charge is 0.340 e. The van der Waals surface area contributed by atoms with Crippen molar-refractivity contribution >= 4 is 33.9 Å². The molecule has 3 unspecified atom stereocenters. The summed E-state index contributed by atoms with van der Waals surface area (Å²) in [6, 6.07) is 17.8. The first-order chi connectivity index (χ1) is 19.9. The number of aromatic nitrogens is 3. The van der Waals surface area contributed by atoms with E-state index in [1.54, 1.807) is 44.3 Å². The molecule has 9 nitrogen and oxygen atoms in total. The molecule has 2 aromatic carbocycles. The number of benzene rings is 2. The van der Waals surface area contributed by atoms with Gasteiger partial charge in [-0.2, -0.15) is 5.26 Å². The van der Waals surface area contributed by atoms with Crippen LogP contribution in [0.15, 0.2) is 70.4 Å². The van der Waals surface area contributed by atoms with Gasteiger partial charge in [0.05, 0.1) is 39.7 Å². The minimum absolute atomic E-state index is 0.204. The fraction of sp³-hybridized carbons (Fsp3) is 0.250.